The number of rotatable bonds is 8. The standard InChI is InChI=1S/C22H26O4/c1-3-24-22(25-4-2)15-26-17-11-9-16(10-12-17)18-13-14-21(23)20-8-6-5-7-19(18)20/h5-13,21-23H,3-4,14-15H2,1-2H3. The van der Waals surface area contributed by atoms with Crippen molar-refractivity contribution in [3.8, 4) is 5.75 Å². The molecule has 0 heterocycles. The largest absolute Gasteiger partial charge is 0.488 e. The number of benzene rings is 2. The van der Waals surface area contributed by atoms with Gasteiger partial charge in [-0.2, -0.15) is 0 Å². The normalized spacial score (nSPS) is 16.3. The minimum absolute atomic E-state index is 0.348. The van der Waals surface area contributed by atoms with Crippen molar-refractivity contribution in [1.82, 2.24) is 0 Å². The molecular formula is C22H26O4. The second kappa shape index (κ2) is 8.99. The lowest BCUT2D eigenvalue weighted by atomic mass is 9.85. The van der Waals surface area contributed by atoms with Gasteiger partial charge in [0.25, 0.3) is 0 Å². The molecule has 2 aromatic carbocycles. The zero-order chi connectivity index (χ0) is 18.4. The van der Waals surface area contributed by atoms with Crippen LogP contribution in [0.5, 0.6) is 5.75 Å². The van der Waals surface area contributed by atoms with E-state index in [1.54, 1.807) is 0 Å². The van der Waals surface area contributed by atoms with Gasteiger partial charge in [-0.15, -0.1) is 0 Å². The van der Waals surface area contributed by atoms with Crippen molar-refractivity contribution >= 4 is 5.57 Å². The zero-order valence-corrected chi connectivity index (χ0v) is 15.4. The Bertz CT molecular complexity index is 730. The van der Waals surface area contributed by atoms with Crippen LogP contribution in [0, 0.1) is 0 Å². The van der Waals surface area contributed by atoms with Crippen molar-refractivity contribution in [3.05, 3.63) is 71.3 Å². The highest BCUT2D eigenvalue weighted by atomic mass is 16.7. The molecule has 0 saturated heterocycles. The summed E-state index contributed by atoms with van der Waals surface area (Å²) in [6, 6.07) is 16.0. The zero-order valence-electron chi connectivity index (χ0n) is 15.4. The van der Waals surface area contributed by atoms with Crippen molar-refractivity contribution in [3.63, 3.8) is 0 Å². The summed E-state index contributed by atoms with van der Waals surface area (Å²) in [7, 11) is 0. The van der Waals surface area contributed by atoms with Gasteiger partial charge in [0.1, 0.15) is 12.4 Å². The molecule has 1 aliphatic carbocycles. The van der Waals surface area contributed by atoms with E-state index in [0.717, 1.165) is 28.0 Å². The van der Waals surface area contributed by atoms with Crippen LogP contribution in [0.15, 0.2) is 54.6 Å². The van der Waals surface area contributed by atoms with Crippen LogP contribution in [0.25, 0.3) is 5.57 Å². The van der Waals surface area contributed by atoms with Crippen molar-refractivity contribution in [2.24, 2.45) is 0 Å². The molecule has 1 N–H and O–H groups in total. The second-order valence-electron chi connectivity index (χ2n) is 6.13. The van der Waals surface area contributed by atoms with Gasteiger partial charge in [0.15, 0.2) is 6.29 Å². The summed E-state index contributed by atoms with van der Waals surface area (Å²) in [5.41, 5.74) is 4.34. The molecule has 0 amide bonds. The Morgan fingerprint density at radius 3 is 2.38 bits per heavy atom. The Morgan fingerprint density at radius 1 is 1.00 bits per heavy atom. The Kier molecular flexibility index (Phi) is 6.45. The second-order valence-corrected chi connectivity index (χ2v) is 6.13. The Labute approximate surface area is 155 Å². The molecule has 0 fully saturated rings. The Balaban J connectivity index is 1.70. The van der Waals surface area contributed by atoms with Gasteiger partial charge >= 0.3 is 0 Å². The molecule has 1 atom stereocenters. The molecule has 4 nitrogen and oxygen atoms in total. The van der Waals surface area contributed by atoms with E-state index in [9.17, 15) is 5.11 Å². The summed E-state index contributed by atoms with van der Waals surface area (Å²) in [5.74, 6) is 0.780. The number of hydrogen-bond acceptors (Lipinski definition) is 4. The SMILES string of the molecule is CCOC(COc1ccc(C2=CCC(O)c3ccccc32)cc1)OCC. The first kappa shape index (κ1) is 18.6. The summed E-state index contributed by atoms with van der Waals surface area (Å²) in [6.45, 7) is 5.42. The predicted molar refractivity (Wildman–Crippen MR) is 102 cm³/mol. The van der Waals surface area contributed by atoms with Gasteiger partial charge in [-0.25, -0.2) is 0 Å². The minimum atomic E-state index is -0.424. The van der Waals surface area contributed by atoms with Gasteiger partial charge < -0.3 is 19.3 Å². The van der Waals surface area contributed by atoms with Crippen LogP contribution in [0.4, 0.5) is 0 Å². The van der Waals surface area contributed by atoms with Crippen LogP contribution in [-0.2, 0) is 9.47 Å². The van der Waals surface area contributed by atoms with Gasteiger partial charge in [0.05, 0.1) is 6.10 Å². The van der Waals surface area contributed by atoms with Gasteiger partial charge in [0.2, 0.25) is 0 Å². The van der Waals surface area contributed by atoms with Crippen molar-refractivity contribution < 1.29 is 19.3 Å². The molecule has 138 valence electrons. The van der Waals surface area contributed by atoms with Crippen LogP contribution in [0.3, 0.4) is 0 Å². The van der Waals surface area contributed by atoms with E-state index in [0.29, 0.717) is 26.2 Å². The van der Waals surface area contributed by atoms with E-state index in [-0.39, 0.29) is 6.29 Å². The fraction of sp³-hybridized carbons (Fsp3) is 0.364. The Hall–Kier alpha value is -2.14. The summed E-state index contributed by atoms with van der Waals surface area (Å²) in [4.78, 5) is 0. The van der Waals surface area contributed by atoms with Crippen LogP contribution < -0.4 is 4.74 Å². The predicted octanol–water partition coefficient (Wildman–Crippen LogP) is 4.33. The van der Waals surface area contributed by atoms with Crippen LogP contribution in [0.1, 0.15) is 43.1 Å². The molecule has 0 aliphatic heterocycles. The minimum Gasteiger partial charge on any atom is -0.488 e. The average molecular weight is 354 g/mol. The highest BCUT2D eigenvalue weighted by molar-refractivity contribution is 5.83. The van der Waals surface area contributed by atoms with E-state index in [4.69, 9.17) is 14.2 Å². The fourth-order valence-electron chi connectivity index (χ4n) is 3.18. The molecule has 0 saturated carbocycles. The molecule has 0 aromatic heterocycles. The molecule has 0 spiro atoms. The first-order valence-corrected chi connectivity index (χ1v) is 9.16. The van der Waals surface area contributed by atoms with Crippen LogP contribution >= 0.6 is 0 Å². The van der Waals surface area contributed by atoms with E-state index >= 15 is 0 Å². The first-order chi connectivity index (χ1) is 12.7. The lowest BCUT2D eigenvalue weighted by Gasteiger charge is -2.22. The molecule has 3 rings (SSSR count). The monoisotopic (exact) mass is 354 g/mol. The quantitative estimate of drug-likeness (QED) is 0.717. The van der Waals surface area contributed by atoms with Gasteiger partial charge in [-0.1, -0.05) is 42.5 Å². The average Bonchev–Trinajstić information content (AvgIpc) is 2.68. The van der Waals surface area contributed by atoms with Crippen LogP contribution in [-0.4, -0.2) is 31.2 Å². The number of aliphatic hydroxyl groups is 1. The lowest BCUT2D eigenvalue weighted by Crippen LogP contribution is -2.25. The van der Waals surface area contributed by atoms with Gasteiger partial charge in [-0.3, -0.25) is 0 Å². The number of ether oxygens (including phenoxy) is 3. The molecule has 2 aromatic rings. The highest BCUT2D eigenvalue weighted by Gasteiger charge is 2.20. The van der Waals surface area contributed by atoms with Gasteiger partial charge in [-0.05, 0) is 54.7 Å². The number of hydrogen-bond donors (Lipinski definition) is 1. The molecule has 4 heteroatoms. The molecule has 1 aliphatic rings. The molecule has 1 unspecified atom stereocenters. The lowest BCUT2D eigenvalue weighted by molar-refractivity contribution is -0.152. The van der Waals surface area contributed by atoms with Crippen molar-refractivity contribution in [1.29, 1.82) is 0 Å². The summed E-state index contributed by atoms with van der Waals surface area (Å²) in [6.07, 6.45) is 1.96. The maximum Gasteiger partial charge on any atom is 0.191 e. The smallest absolute Gasteiger partial charge is 0.191 e. The van der Waals surface area contributed by atoms with Crippen LogP contribution in [0.2, 0.25) is 0 Å². The van der Waals surface area contributed by atoms with E-state index in [1.165, 1.54) is 0 Å². The van der Waals surface area contributed by atoms with E-state index < -0.39 is 6.10 Å². The maximum absolute atomic E-state index is 10.2. The topological polar surface area (TPSA) is 47.9 Å². The summed E-state index contributed by atoms with van der Waals surface area (Å²) < 4.78 is 16.8. The van der Waals surface area contributed by atoms with E-state index in [1.807, 2.05) is 56.3 Å². The molecule has 0 bridgehead atoms. The third kappa shape index (κ3) is 4.33. The van der Waals surface area contributed by atoms with Gasteiger partial charge in [0, 0.05) is 13.2 Å². The van der Waals surface area contributed by atoms with Crippen molar-refractivity contribution in [2.45, 2.75) is 32.7 Å². The molecule has 0 radical (unpaired) electrons. The Morgan fingerprint density at radius 2 is 1.69 bits per heavy atom. The molecular weight excluding hydrogens is 328 g/mol. The number of fused-ring (bicyclic) bond motifs is 1. The summed E-state index contributed by atoms with van der Waals surface area (Å²) >= 11 is 0. The number of aliphatic hydroxyl groups excluding tert-OH is 1. The van der Waals surface area contributed by atoms with Crippen molar-refractivity contribution in [2.75, 3.05) is 19.8 Å². The third-order valence-electron chi connectivity index (χ3n) is 4.41. The highest BCUT2D eigenvalue weighted by Crippen LogP contribution is 2.36. The van der Waals surface area contributed by atoms with E-state index in [2.05, 4.69) is 12.1 Å². The fourth-order valence-corrected chi connectivity index (χ4v) is 3.18. The summed E-state index contributed by atoms with van der Waals surface area (Å²) in [5, 5.41) is 10.2. The molecule has 26 heavy (non-hydrogen) atoms. The maximum atomic E-state index is 10.2. The third-order valence-corrected chi connectivity index (χ3v) is 4.41. The first-order valence-electron chi connectivity index (χ1n) is 9.16.